The Balaban J connectivity index is 2.06. The van der Waals surface area contributed by atoms with Gasteiger partial charge in [0.2, 0.25) is 10.0 Å². The van der Waals surface area contributed by atoms with Crippen molar-refractivity contribution < 1.29 is 13.2 Å². The number of rotatable bonds is 6. The molecule has 21 heavy (non-hydrogen) atoms. The zero-order valence-electron chi connectivity index (χ0n) is 12.5. The molecular weight excluding hydrogens is 288 g/mol. The van der Waals surface area contributed by atoms with Gasteiger partial charge in [-0.05, 0) is 51.9 Å². The molecule has 1 heterocycles. The van der Waals surface area contributed by atoms with E-state index in [0.717, 1.165) is 13.1 Å². The van der Waals surface area contributed by atoms with Crippen molar-refractivity contribution in [2.75, 3.05) is 19.6 Å². The Hall–Kier alpha value is -1.24. The van der Waals surface area contributed by atoms with Gasteiger partial charge in [-0.25, -0.2) is 13.1 Å². The van der Waals surface area contributed by atoms with Crippen molar-refractivity contribution in [2.24, 2.45) is 0 Å². The summed E-state index contributed by atoms with van der Waals surface area (Å²) in [5, 5.41) is 0. The number of carbonyl (C=O) groups is 1. The molecule has 1 aromatic rings. The zero-order chi connectivity index (χ0) is 15.5. The van der Waals surface area contributed by atoms with Crippen LogP contribution in [0.2, 0.25) is 0 Å². The molecule has 1 atom stereocenters. The lowest BCUT2D eigenvalue weighted by Gasteiger charge is -2.21. The molecule has 0 saturated carbocycles. The summed E-state index contributed by atoms with van der Waals surface area (Å²) in [6.45, 7) is 6.07. The number of nitrogens with one attached hydrogen (secondary N) is 1. The first-order valence-corrected chi connectivity index (χ1v) is 8.72. The van der Waals surface area contributed by atoms with Crippen molar-refractivity contribution in [2.45, 2.75) is 37.6 Å². The minimum atomic E-state index is -3.59. The van der Waals surface area contributed by atoms with Crippen LogP contribution in [0.15, 0.2) is 29.2 Å². The second-order valence-electron chi connectivity index (χ2n) is 5.61. The zero-order valence-corrected chi connectivity index (χ0v) is 13.3. The number of sulfonamides is 1. The Morgan fingerprint density at radius 3 is 2.62 bits per heavy atom. The summed E-state index contributed by atoms with van der Waals surface area (Å²) < 4.78 is 27.4. The number of benzene rings is 1. The summed E-state index contributed by atoms with van der Waals surface area (Å²) in [7, 11) is -3.59. The molecule has 2 rings (SSSR count). The fourth-order valence-electron chi connectivity index (χ4n) is 2.60. The topological polar surface area (TPSA) is 66.5 Å². The Morgan fingerprint density at radius 1 is 1.33 bits per heavy atom. The van der Waals surface area contributed by atoms with Crippen LogP contribution in [-0.2, 0) is 10.0 Å². The van der Waals surface area contributed by atoms with Gasteiger partial charge in [-0.1, -0.05) is 12.1 Å². The smallest absolute Gasteiger partial charge is 0.240 e. The molecule has 1 saturated heterocycles. The van der Waals surface area contributed by atoms with Crippen LogP contribution >= 0.6 is 0 Å². The second kappa shape index (κ2) is 6.68. The van der Waals surface area contributed by atoms with Crippen LogP contribution in [0.1, 0.15) is 37.0 Å². The molecular formula is C15H22N2O3S. The van der Waals surface area contributed by atoms with Crippen molar-refractivity contribution in [1.29, 1.82) is 0 Å². The monoisotopic (exact) mass is 310 g/mol. The average Bonchev–Trinajstić information content (AvgIpc) is 2.91. The van der Waals surface area contributed by atoms with Gasteiger partial charge in [-0.15, -0.1) is 0 Å². The number of nitrogens with zero attached hydrogens (tertiary/aromatic N) is 1. The lowest BCUT2D eigenvalue weighted by molar-refractivity contribution is 0.101. The highest BCUT2D eigenvalue weighted by Crippen LogP contribution is 2.13. The summed E-state index contributed by atoms with van der Waals surface area (Å²) in [6, 6.07) is 5.99. The van der Waals surface area contributed by atoms with Crippen molar-refractivity contribution >= 4 is 15.8 Å². The normalized spacial score (nSPS) is 17.8. The highest BCUT2D eigenvalue weighted by Gasteiger charge is 2.21. The number of carbonyl (C=O) groups excluding carboxylic acids is 1. The third kappa shape index (κ3) is 4.36. The van der Waals surface area contributed by atoms with Gasteiger partial charge in [0, 0.05) is 18.2 Å². The van der Waals surface area contributed by atoms with Gasteiger partial charge in [0.25, 0.3) is 0 Å². The van der Waals surface area contributed by atoms with E-state index in [9.17, 15) is 13.2 Å². The van der Waals surface area contributed by atoms with Crippen LogP contribution < -0.4 is 4.72 Å². The second-order valence-corrected chi connectivity index (χ2v) is 7.33. The minimum absolute atomic E-state index is 0.142. The molecule has 5 nitrogen and oxygen atoms in total. The third-order valence-electron chi connectivity index (χ3n) is 3.64. The predicted molar refractivity (Wildman–Crippen MR) is 81.9 cm³/mol. The quantitative estimate of drug-likeness (QED) is 0.811. The highest BCUT2D eigenvalue weighted by atomic mass is 32.2. The molecule has 0 amide bonds. The van der Waals surface area contributed by atoms with E-state index in [0.29, 0.717) is 12.1 Å². The van der Waals surface area contributed by atoms with Gasteiger partial charge in [0.1, 0.15) is 0 Å². The van der Waals surface area contributed by atoms with Crippen molar-refractivity contribution in [3.8, 4) is 0 Å². The fourth-order valence-corrected chi connectivity index (χ4v) is 3.89. The van der Waals surface area contributed by atoms with Gasteiger partial charge in [0.15, 0.2) is 5.78 Å². The third-order valence-corrected chi connectivity index (χ3v) is 5.23. The van der Waals surface area contributed by atoms with Gasteiger partial charge >= 0.3 is 0 Å². The Morgan fingerprint density at radius 2 is 2.00 bits per heavy atom. The van der Waals surface area contributed by atoms with E-state index in [-0.39, 0.29) is 16.7 Å². The van der Waals surface area contributed by atoms with E-state index in [1.54, 1.807) is 12.1 Å². The van der Waals surface area contributed by atoms with Crippen molar-refractivity contribution in [3.63, 3.8) is 0 Å². The minimum Gasteiger partial charge on any atom is -0.302 e. The Kier molecular flexibility index (Phi) is 5.13. The van der Waals surface area contributed by atoms with Gasteiger partial charge in [-0.3, -0.25) is 4.79 Å². The SMILES string of the molecule is CC(=O)c1cccc(S(=O)(=O)NC(C)CN2CCCC2)c1. The maximum atomic E-state index is 12.4. The standard InChI is InChI=1S/C15H22N2O3S/c1-12(11-17-8-3-4-9-17)16-21(19,20)15-7-5-6-14(10-15)13(2)18/h5-7,10,12,16H,3-4,8-9,11H2,1-2H3. The predicted octanol–water partition coefficient (Wildman–Crippen LogP) is 1.65. The molecule has 116 valence electrons. The van der Waals surface area contributed by atoms with Crippen LogP contribution in [0, 0.1) is 0 Å². The largest absolute Gasteiger partial charge is 0.302 e. The maximum Gasteiger partial charge on any atom is 0.240 e. The summed E-state index contributed by atoms with van der Waals surface area (Å²) in [5.74, 6) is -0.142. The molecule has 0 bridgehead atoms. The van der Waals surface area contributed by atoms with E-state index in [1.807, 2.05) is 6.92 Å². The molecule has 1 aromatic carbocycles. The van der Waals surface area contributed by atoms with Crippen molar-refractivity contribution in [3.05, 3.63) is 29.8 Å². The van der Waals surface area contributed by atoms with Crippen LogP contribution in [0.25, 0.3) is 0 Å². The first-order chi connectivity index (χ1) is 9.88. The fraction of sp³-hybridized carbons (Fsp3) is 0.533. The van der Waals surface area contributed by atoms with E-state index in [1.165, 1.54) is 31.9 Å². The van der Waals surface area contributed by atoms with Crippen LogP contribution in [-0.4, -0.2) is 44.8 Å². The Bertz CT molecular complexity index is 607. The summed E-state index contributed by atoms with van der Waals surface area (Å²) in [5.41, 5.74) is 0.407. The molecule has 1 fully saturated rings. The highest BCUT2D eigenvalue weighted by molar-refractivity contribution is 7.89. The van der Waals surface area contributed by atoms with Gasteiger partial charge in [0.05, 0.1) is 4.90 Å². The lowest BCUT2D eigenvalue weighted by atomic mass is 10.2. The Labute approximate surface area is 126 Å². The van der Waals surface area contributed by atoms with E-state index in [2.05, 4.69) is 9.62 Å². The van der Waals surface area contributed by atoms with Gasteiger partial charge < -0.3 is 4.90 Å². The molecule has 1 unspecified atom stereocenters. The first-order valence-electron chi connectivity index (χ1n) is 7.24. The summed E-state index contributed by atoms with van der Waals surface area (Å²) in [4.78, 5) is 13.8. The molecule has 0 spiro atoms. The summed E-state index contributed by atoms with van der Waals surface area (Å²) in [6.07, 6.45) is 2.36. The number of hydrogen-bond acceptors (Lipinski definition) is 4. The van der Waals surface area contributed by atoms with Crippen LogP contribution in [0.4, 0.5) is 0 Å². The average molecular weight is 310 g/mol. The van der Waals surface area contributed by atoms with E-state index < -0.39 is 10.0 Å². The van der Waals surface area contributed by atoms with Crippen LogP contribution in [0.5, 0.6) is 0 Å². The number of Topliss-reactive ketones (excluding diaryl/α,β-unsaturated/α-hetero) is 1. The van der Waals surface area contributed by atoms with Crippen molar-refractivity contribution in [1.82, 2.24) is 9.62 Å². The van der Waals surface area contributed by atoms with E-state index >= 15 is 0 Å². The molecule has 0 aromatic heterocycles. The molecule has 1 N–H and O–H groups in total. The van der Waals surface area contributed by atoms with Crippen LogP contribution in [0.3, 0.4) is 0 Å². The maximum absolute atomic E-state index is 12.4. The first kappa shape index (κ1) is 16.1. The number of likely N-dealkylation sites (tertiary alicyclic amines) is 1. The lowest BCUT2D eigenvalue weighted by Crippen LogP contribution is -2.41. The molecule has 1 aliphatic heterocycles. The van der Waals surface area contributed by atoms with Gasteiger partial charge in [-0.2, -0.15) is 0 Å². The number of ketones is 1. The number of hydrogen-bond donors (Lipinski definition) is 1. The summed E-state index contributed by atoms with van der Waals surface area (Å²) >= 11 is 0. The molecule has 0 radical (unpaired) electrons. The molecule has 1 aliphatic rings. The molecule has 6 heteroatoms. The van der Waals surface area contributed by atoms with E-state index in [4.69, 9.17) is 0 Å². The molecule has 0 aliphatic carbocycles.